The van der Waals surface area contributed by atoms with E-state index in [9.17, 15) is 9.46 Å². The number of phosphoric ester groups is 1. The van der Waals surface area contributed by atoms with Crippen LogP contribution < -0.4 is 0 Å². The topological polar surface area (TPSA) is 65.0 Å². The highest BCUT2D eigenvalue weighted by Gasteiger charge is 2.19. The van der Waals surface area contributed by atoms with E-state index >= 15 is 0 Å². The Bertz CT molecular complexity index is 693. The van der Waals surface area contributed by atoms with Crippen molar-refractivity contribution in [1.29, 1.82) is 0 Å². The fraction of sp³-hybridized carbons (Fsp3) is 1.00. The molecule has 0 bridgehead atoms. The quantitative estimate of drug-likeness (QED) is 0.0488. The van der Waals surface area contributed by atoms with Gasteiger partial charge in [0.2, 0.25) is 0 Å². The molecule has 0 fully saturated rings. The predicted octanol–water partition coefficient (Wildman–Crippen LogP) is 19.4. The van der Waals surface area contributed by atoms with Crippen molar-refractivity contribution in [1.82, 2.24) is 0 Å². The van der Waals surface area contributed by atoms with Crippen LogP contribution in [0.4, 0.5) is 0 Å². The van der Waals surface area contributed by atoms with Crippen molar-refractivity contribution in [3.63, 3.8) is 0 Å². The maximum Gasteiger partial charge on any atom is 0.472 e. The zero-order valence-corrected chi connectivity index (χ0v) is 41.4. The van der Waals surface area contributed by atoms with Crippen LogP contribution in [0.5, 0.6) is 0 Å². The molecule has 0 unspecified atom stereocenters. The molecule has 352 valence electrons. The average molecular weight is 845 g/mol. The number of hydrogen-bond acceptors (Lipinski definition) is 4. The summed E-state index contributed by atoms with van der Waals surface area (Å²) >= 11 is 0. The van der Waals surface area contributed by atoms with Crippen molar-refractivity contribution >= 4 is 7.82 Å². The maximum absolute atomic E-state index is 11.9. The summed E-state index contributed by atoms with van der Waals surface area (Å²) in [6.45, 7) is 11.7. The molecule has 1 N–H and O–H groups in total. The molecule has 0 aromatic heterocycles. The van der Waals surface area contributed by atoms with E-state index in [4.69, 9.17) is 13.8 Å². The molecular weight excluding hydrogens is 736 g/mol. The lowest BCUT2D eigenvalue weighted by Gasteiger charge is -2.12. The fourth-order valence-electron chi connectivity index (χ4n) is 7.77. The summed E-state index contributed by atoms with van der Waals surface area (Å²) < 4.78 is 27.9. The minimum atomic E-state index is -3.86. The van der Waals surface area contributed by atoms with Gasteiger partial charge in [0.25, 0.3) is 0 Å². The smallest absolute Gasteiger partial charge is 0.381 e. The molecule has 0 atom stereocenters. The first-order valence-corrected chi connectivity index (χ1v) is 28.2. The number of hydrogen-bond donors (Lipinski definition) is 1. The molecule has 0 aromatic rings. The summed E-state index contributed by atoms with van der Waals surface area (Å²) in [7, 11) is -3.86. The van der Waals surface area contributed by atoms with Crippen LogP contribution in [-0.2, 0) is 18.3 Å². The van der Waals surface area contributed by atoms with Gasteiger partial charge in [0.15, 0.2) is 0 Å². The van der Waals surface area contributed by atoms with E-state index in [0.29, 0.717) is 13.2 Å². The third-order valence-corrected chi connectivity index (χ3v) is 12.8. The Balaban J connectivity index is 0. The first-order chi connectivity index (χ1) is 28.5. The standard InChI is InChI=1S/C28H59O4P.C24H50O/c1-3-5-7-9-11-13-15-17-19-21-23-25-27-31-33(29,30)32-28-26-24-22-20-18-16-14-12-10-8-6-4-2;1-3-5-7-9-11-13-15-17-19-21-23-25-24-22-20-18-16-14-12-10-8-6-4-2/h3-28H2,1-2H3,(H,29,30);3-24H2,1-2H3. The molecular formula is C52H109O5P. The molecule has 0 aliphatic heterocycles. The lowest BCUT2D eigenvalue weighted by atomic mass is 10.1. The third kappa shape index (κ3) is 58.2. The molecule has 0 saturated carbocycles. The molecule has 0 radical (unpaired) electrons. The molecule has 0 aliphatic carbocycles. The van der Waals surface area contributed by atoms with Gasteiger partial charge in [0, 0.05) is 13.2 Å². The van der Waals surface area contributed by atoms with Crippen LogP contribution in [0.2, 0.25) is 0 Å². The summed E-state index contributed by atoms with van der Waals surface area (Å²) in [4.78, 5) is 9.78. The van der Waals surface area contributed by atoms with Gasteiger partial charge in [0.05, 0.1) is 13.2 Å². The monoisotopic (exact) mass is 845 g/mol. The summed E-state index contributed by atoms with van der Waals surface area (Å²) in [6.07, 6.45) is 58.7. The first-order valence-electron chi connectivity index (χ1n) is 26.7. The van der Waals surface area contributed by atoms with Crippen LogP contribution in [0.1, 0.15) is 310 Å². The second-order valence-corrected chi connectivity index (χ2v) is 19.3. The van der Waals surface area contributed by atoms with Crippen LogP contribution in [0.25, 0.3) is 0 Å². The summed E-state index contributed by atoms with van der Waals surface area (Å²) in [5.74, 6) is 0. The molecule has 0 heterocycles. The Hall–Kier alpha value is 0.0700. The van der Waals surface area contributed by atoms with Crippen molar-refractivity contribution < 1.29 is 23.2 Å². The minimum Gasteiger partial charge on any atom is -0.381 e. The molecule has 0 aliphatic rings. The van der Waals surface area contributed by atoms with Crippen LogP contribution in [-0.4, -0.2) is 31.3 Å². The van der Waals surface area contributed by atoms with Gasteiger partial charge in [0.1, 0.15) is 0 Å². The Morgan fingerprint density at radius 2 is 0.414 bits per heavy atom. The number of phosphoric acid groups is 1. The predicted molar refractivity (Wildman–Crippen MR) is 258 cm³/mol. The summed E-state index contributed by atoms with van der Waals surface area (Å²) in [6, 6.07) is 0. The zero-order chi connectivity index (χ0) is 42.6. The van der Waals surface area contributed by atoms with Crippen molar-refractivity contribution in [2.45, 2.75) is 310 Å². The summed E-state index contributed by atoms with van der Waals surface area (Å²) in [5, 5.41) is 0. The fourth-order valence-corrected chi connectivity index (χ4v) is 8.56. The highest BCUT2D eigenvalue weighted by Crippen LogP contribution is 2.43. The lowest BCUT2D eigenvalue weighted by molar-refractivity contribution is 0.125. The number of unbranched alkanes of at least 4 members (excludes halogenated alkanes) is 40. The molecule has 0 amide bonds. The molecule has 0 spiro atoms. The van der Waals surface area contributed by atoms with E-state index in [1.165, 1.54) is 257 Å². The van der Waals surface area contributed by atoms with Gasteiger partial charge < -0.3 is 9.63 Å². The number of ether oxygens (including phenoxy) is 1. The van der Waals surface area contributed by atoms with Crippen molar-refractivity contribution in [2.24, 2.45) is 0 Å². The molecule has 5 nitrogen and oxygen atoms in total. The SMILES string of the molecule is CCCCCCCCCCCCCCOP(=O)(O)OCCCCCCCCCCCCCC.CCCCCCCCCCCCOCCCCCCCCCCCC. The van der Waals surface area contributed by atoms with E-state index in [0.717, 1.165) is 38.9 Å². The van der Waals surface area contributed by atoms with E-state index in [2.05, 4.69) is 27.7 Å². The van der Waals surface area contributed by atoms with E-state index in [-0.39, 0.29) is 0 Å². The van der Waals surface area contributed by atoms with Gasteiger partial charge in [-0.3, -0.25) is 9.05 Å². The normalized spacial score (nSPS) is 11.7. The average Bonchev–Trinajstić information content (AvgIpc) is 3.22. The first kappa shape index (κ1) is 60.2. The third-order valence-electron chi connectivity index (χ3n) is 11.8. The second-order valence-electron chi connectivity index (χ2n) is 17.9. The second kappa shape index (κ2) is 55.1. The molecule has 6 heteroatoms. The van der Waals surface area contributed by atoms with Crippen LogP contribution >= 0.6 is 7.82 Å². The highest BCUT2D eigenvalue weighted by molar-refractivity contribution is 7.47. The minimum absolute atomic E-state index is 0.323. The van der Waals surface area contributed by atoms with Gasteiger partial charge in [-0.05, 0) is 25.7 Å². The van der Waals surface area contributed by atoms with Crippen molar-refractivity contribution in [3.8, 4) is 0 Å². The van der Waals surface area contributed by atoms with Crippen LogP contribution in [0.3, 0.4) is 0 Å². The van der Waals surface area contributed by atoms with Crippen LogP contribution in [0, 0.1) is 0 Å². The summed E-state index contributed by atoms with van der Waals surface area (Å²) in [5.41, 5.74) is 0. The van der Waals surface area contributed by atoms with E-state index in [1.54, 1.807) is 0 Å². The Labute approximate surface area is 366 Å². The van der Waals surface area contributed by atoms with Crippen molar-refractivity contribution in [3.05, 3.63) is 0 Å². The van der Waals surface area contributed by atoms with Gasteiger partial charge in [-0.25, -0.2) is 4.57 Å². The van der Waals surface area contributed by atoms with Gasteiger partial charge in [-0.2, -0.15) is 0 Å². The van der Waals surface area contributed by atoms with Gasteiger partial charge >= 0.3 is 7.82 Å². The Kier molecular flexibility index (Phi) is 57.1. The Morgan fingerprint density at radius 3 is 0.603 bits per heavy atom. The van der Waals surface area contributed by atoms with E-state index in [1.807, 2.05) is 0 Å². The van der Waals surface area contributed by atoms with Gasteiger partial charge in [-0.15, -0.1) is 0 Å². The Morgan fingerprint density at radius 1 is 0.259 bits per heavy atom. The van der Waals surface area contributed by atoms with E-state index < -0.39 is 7.82 Å². The highest BCUT2D eigenvalue weighted by atomic mass is 31.2. The lowest BCUT2D eigenvalue weighted by Crippen LogP contribution is -1.99. The van der Waals surface area contributed by atoms with Crippen LogP contribution in [0.15, 0.2) is 0 Å². The van der Waals surface area contributed by atoms with Crippen molar-refractivity contribution in [2.75, 3.05) is 26.4 Å². The molecule has 0 aromatic carbocycles. The molecule has 58 heavy (non-hydrogen) atoms. The molecule has 0 rings (SSSR count). The number of rotatable bonds is 50. The van der Waals surface area contributed by atoms with Gasteiger partial charge in [-0.1, -0.05) is 285 Å². The zero-order valence-electron chi connectivity index (χ0n) is 40.5. The maximum atomic E-state index is 11.9. The molecule has 0 saturated heterocycles. The largest absolute Gasteiger partial charge is 0.472 e.